The molecule has 3 heterocycles. The Morgan fingerprint density at radius 2 is 1.93 bits per heavy atom. The van der Waals surface area contributed by atoms with Gasteiger partial charge in [-0.05, 0) is 91.2 Å². The molecule has 8 heteroatoms. The summed E-state index contributed by atoms with van der Waals surface area (Å²) in [6.07, 6.45) is 6.65. The molecule has 3 aliphatic rings. The first-order valence-electron chi connectivity index (χ1n) is 14.8. The summed E-state index contributed by atoms with van der Waals surface area (Å²) >= 11 is 0. The minimum Gasteiger partial charge on any atom is -0.491 e. The number of amides is 1. The first kappa shape index (κ1) is 30.7. The van der Waals surface area contributed by atoms with Crippen molar-refractivity contribution in [1.29, 1.82) is 0 Å². The highest BCUT2D eigenvalue weighted by atomic mass is 16.6. The van der Waals surface area contributed by atoms with E-state index in [-0.39, 0.29) is 30.1 Å². The van der Waals surface area contributed by atoms with Crippen LogP contribution in [-0.2, 0) is 14.2 Å². The van der Waals surface area contributed by atoms with Crippen LogP contribution in [0.3, 0.4) is 0 Å². The van der Waals surface area contributed by atoms with Gasteiger partial charge in [0.1, 0.15) is 29.3 Å². The van der Waals surface area contributed by atoms with Crippen LogP contribution < -0.4 is 9.47 Å². The molecule has 0 bridgehead atoms. The highest BCUT2D eigenvalue weighted by Gasteiger charge is 2.54. The Hall–Kier alpha value is -2.29. The number of likely N-dealkylation sites (tertiary alicyclic amines) is 1. The summed E-state index contributed by atoms with van der Waals surface area (Å²) in [5, 5.41) is 8.88. The van der Waals surface area contributed by atoms with Crippen LogP contribution in [-0.4, -0.2) is 73.4 Å². The van der Waals surface area contributed by atoms with Gasteiger partial charge in [-0.15, -0.1) is 0 Å². The quantitative estimate of drug-likeness (QED) is 0.290. The molecule has 0 aromatic heterocycles. The lowest BCUT2D eigenvalue weighted by Crippen LogP contribution is -2.56. The van der Waals surface area contributed by atoms with E-state index in [1.807, 2.05) is 37.8 Å². The molecule has 2 fully saturated rings. The number of allylic oxidation sites excluding steroid dienone is 2. The van der Waals surface area contributed by atoms with Gasteiger partial charge in [-0.3, -0.25) is 0 Å². The Morgan fingerprint density at radius 3 is 2.60 bits per heavy atom. The molecule has 40 heavy (non-hydrogen) atoms. The molecule has 224 valence electrons. The van der Waals surface area contributed by atoms with Crippen molar-refractivity contribution in [3.8, 4) is 11.5 Å². The average molecular weight is 560 g/mol. The smallest absolute Gasteiger partial charge is 0.410 e. The van der Waals surface area contributed by atoms with Gasteiger partial charge < -0.3 is 33.7 Å². The summed E-state index contributed by atoms with van der Waals surface area (Å²) in [5.74, 6) is 1.76. The van der Waals surface area contributed by atoms with Gasteiger partial charge >= 0.3 is 6.09 Å². The summed E-state index contributed by atoms with van der Waals surface area (Å²) in [7, 11) is 0. The van der Waals surface area contributed by atoms with Gasteiger partial charge in [0.25, 0.3) is 0 Å². The van der Waals surface area contributed by atoms with Crippen LogP contribution in [0.4, 0.5) is 4.79 Å². The summed E-state index contributed by atoms with van der Waals surface area (Å²) in [6, 6.07) is 6.03. The zero-order valence-corrected chi connectivity index (χ0v) is 25.3. The van der Waals surface area contributed by atoms with Gasteiger partial charge in [0, 0.05) is 30.6 Å². The topological polar surface area (TPSA) is 86.7 Å². The van der Waals surface area contributed by atoms with E-state index in [0.29, 0.717) is 39.5 Å². The van der Waals surface area contributed by atoms with Crippen molar-refractivity contribution in [2.75, 3.05) is 46.1 Å². The van der Waals surface area contributed by atoms with Crippen molar-refractivity contribution in [1.82, 2.24) is 4.90 Å². The first-order valence-corrected chi connectivity index (χ1v) is 14.8. The van der Waals surface area contributed by atoms with E-state index >= 15 is 0 Å². The van der Waals surface area contributed by atoms with Crippen molar-refractivity contribution < 1.29 is 33.6 Å². The largest absolute Gasteiger partial charge is 0.491 e. The lowest BCUT2D eigenvalue weighted by molar-refractivity contribution is -0.179. The normalized spacial score (nSPS) is 25.4. The molecule has 1 aromatic rings. The Kier molecular flexibility index (Phi) is 9.74. The molecule has 3 atom stereocenters. The van der Waals surface area contributed by atoms with Gasteiger partial charge in [0.2, 0.25) is 0 Å². The van der Waals surface area contributed by atoms with Crippen LogP contribution in [0.5, 0.6) is 11.5 Å². The fourth-order valence-corrected chi connectivity index (χ4v) is 6.22. The highest BCUT2D eigenvalue weighted by molar-refractivity contribution is 5.68. The molecule has 1 aromatic carbocycles. The van der Waals surface area contributed by atoms with Gasteiger partial charge in [-0.1, -0.05) is 11.6 Å². The fraction of sp³-hybridized carbons (Fsp3) is 0.719. The Bertz CT molecular complexity index is 1040. The number of carbonyl (C=O) groups excluding carboxylic acids is 1. The lowest BCUT2D eigenvalue weighted by Gasteiger charge is -2.55. The predicted molar refractivity (Wildman–Crippen MR) is 154 cm³/mol. The number of fused-ring (bicyclic) bond motifs is 3. The van der Waals surface area contributed by atoms with Crippen molar-refractivity contribution in [3.63, 3.8) is 0 Å². The molecule has 2 saturated heterocycles. The number of ether oxygens (including phenoxy) is 5. The maximum Gasteiger partial charge on any atom is 0.410 e. The standard InChI is InChI=1S/C32H49NO7/c1-23(2)8-7-11-31(6)26-21-32(12-14-33(15-13-32)29(35)40-30(3,4)5)22-38-28(26)25-10-9-24(20-27(25)39-31)37-19-18-36-17-16-34/h8-10,20,26,28,34H,7,11-19,21-22H2,1-6H3/t26-,28+,31-/m0/s1. The molecular weight excluding hydrogens is 510 g/mol. The van der Waals surface area contributed by atoms with Gasteiger partial charge in [0.15, 0.2) is 0 Å². The molecule has 1 amide bonds. The van der Waals surface area contributed by atoms with Crippen LogP contribution in [0.2, 0.25) is 0 Å². The third-order valence-corrected chi connectivity index (χ3v) is 8.41. The Balaban J connectivity index is 1.50. The zero-order valence-electron chi connectivity index (χ0n) is 25.3. The van der Waals surface area contributed by atoms with Gasteiger partial charge in [-0.25, -0.2) is 4.79 Å². The number of benzene rings is 1. The van der Waals surface area contributed by atoms with Crippen molar-refractivity contribution in [2.45, 2.75) is 91.0 Å². The van der Waals surface area contributed by atoms with E-state index in [0.717, 1.165) is 49.2 Å². The maximum absolute atomic E-state index is 12.7. The molecule has 8 nitrogen and oxygen atoms in total. The molecule has 4 rings (SSSR count). The van der Waals surface area contributed by atoms with E-state index in [4.69, 9.17) is 28.8 Å². The van der Waals surface area contributed by atoms with Gasteiger partial charge in [0.05, 0.1) is 32.5 Å². The van der Waals surface area contributed by atoms with E-state index < -0.39 is 11.2 Å². The Morgan fingerprint density at radius 1 is 1.18 bits per heavy atom. The summed E-state index contributed by atoms with van der Waals surface area (Å²) in [6.45, 7) is 15.4. The number of aliphatic hydroxyl groups is 1. The second-order valence-electron chi connectivity index (χ2n) is 13.1. The third-order valence-electron chi connectivity index (χ3n) is 8.41. The molecule has 0 radical (unpaired) electrons. The SMILES string of the molecule is CC(C)=CCC[C@]1(C)Oc2cc(OCCOCCO)ccc2[C@H]2OCC3(CCN(C(=O)OC(C)(C)C)CC3)C[C@@H]21. The van der Waals surface area contributed by atoms with Crippen molar-refractivity contribution >= 4 is 6.09 Å². The number of carbonyl (C=O) groups is 1. The number of aliphatic hydroxyl groups excluding tert-OH is 1. The van der Waals surface area contributed by atoms with Crippen molar-refractivity contribution in [2.24, 2.45) is 11.3 Å². The summed E-state index contributed by atoms with van der Waals surface area (Å²) in [5.41, 5.74) is 1.51. The van der Waals surface area contributed by atoms with E-state index in [9.17, 15) is 4.79 Å². The zero-order chi connectivity index (χ0) is 29.0. The second-order valence-corrected chi connectivity index (χ2v) is 13.1. The molecule has 0 aliphatic carbocycles. The monoisotopic (exact) mass is 559 g/mol. The minimum atomic E-state index is -0.494. The van der Waals surface area contributed by atoms with Crippen LogP contribution >= 0.6 is 0 Å². The van der Waals surface area contributed by atoms with Crippen LogP contribution in [0.15, 0.2) is 29.8 Å². The third kappa shape index (κ3) is 7.51. The predicted octanol–water partition coefficient (Wildman–Crippen LogP) is 6.07. The van der Waals surface area contributed by atoms with E-state index in [1.54, 1.807) is 0 Å². The molecule has 1 N–H and O–H groups in total. The molecule has 0 saturated carbocycles. The maximum atomic E-state index is 12.7. The number of nitrogens with zero attached hydrogens (tertiary/aromatic N) is 1. The average Bonchev–Trinajstić information content (AvgIpc) is 2.88. The number of piperidine rings is 1. The van der Waals surface area contributed by atoms with Crippen LogP contribution in [0.25, 0.3) is 0 Å². The molecule has 1 spiro atoms. The second kappa shape index (κ2) is 12.7. The van der Waals surface area contributed by atoms with Crippen molar-refractivity contribution in [3.05, 3.63) is 35.4 Å². The summed E-state index contributed by atoms with van der Waals surface area (Å²) < 4.78 is 30.5. The molecule has 0 unspecified atom stereocenters. The number of hydrogen-bond donors (Lipinski definition) is 1. The molecular formula is C32H49NO7. The Labute approximate surface area is 239 Å². The molecule has 3 aliphatic heterocycles. The number of rotatable bonds is 9. The van der Waals surface area contributed by atoms with E-state index in [2.05, 4.69) is 32.9 Å². The highest BCUT2D eigenvalue weighted by Crippen LogP contribution is 2.57. The minimum absolute atomic E-state index is 0.00382. The lowest BCUT2D eigenvalue weighted by atomic mass is 9.63. The first-order chi connectivity index (χ1) is 18.9. The number of hydrogen-bond acceptors (Lipinski definition) is 7. The van der Waals surface area contributed by atoms with Crippen LogP contribution in [0.1, 0.15) is 85.3 Å². The van der Waals surface area contributed by atoms with Crippen LogP contribution in [0, 0.1) is 11.3 Å². The summed E-state index contributed by atoms with van der Waals surface area (Å²) in [4.78, 5) is 14.5. The fourth-order valence-electron chi connectivity index (χ4n) is 6.22. The van der Waals surface area contributed by atoms with E-state index in [1.165, 1.54) is 5.57 Å². The van der Waals surface area contributed by atoms with Gasteiger partial charge in [-0.2, -0.15) is 0 Å².